The van der Waals surface area contributed by atoms with Crippen LogP contribution in [0.1, 0.15) is 110 Å². The third-order valence-electron chi connectivity index (χ3n) is 5.15. The first-order valence-corrected chi connectivity index (χ1v) is 11.0. The fourth-order valence-electron chi connectivity index (χ4n) is 3.40. The number of rotatable bonds is 10. The van der Waals surface area contributed by atoms with E-state index in [4.69, 9.17) is 4.74 Å². The molecule has 1 rings (SSSR count). The van der Waals surface area contributed by atoms with Crippen LogP contribution in [0.2, 0.25) is 0 Å². The molecule has 0 aromatic heterocycles. The first kappa shape index (κ1) is 24.5. The van der Waals surface area contributed by atoms with Gasteiger partial charge in [0.05, 0.1) is 13.0 Å². The van der Waals surface area contributed by atoms with Gasteiger partial charge in [-0.25, -0.2) is 0 Å². The number of hydrogen-bond donors (Lipinski definition) is 1. The van der Waals surface area contributed by atoms with Gasteiger partial charge >= 0.3 is 5.97 Å². The maximum atomic E-state index is 12.3. The number of ether oxygens (including phenoxy) is 1. The smallest absolute Gasteiger partial charge is 0.310 e. The molecule has 3 heteroatoms. The molecule has 0 fully saturated rings. The number of esters is 1. The Balaban J connectivity index is 2.67. The minimum Gasteiger partial charge on any atom is -0.507 e. The predicted octanol–water partition coefficient (Wildman–Crippen LogP) is 6.82. The van der Waals surface area contributed by atoms with E-state index in [-0.39, 0.29) is 23.2 Å². The van der Waals surface area contributed by atoms with E-state index in [2.05, 4.69) is 48.5 Å². The SMILES string of the molecule is CCCCCCCCCOC(=O)Cc1cc(C(C)(C)C)c(O)c(C(C)(C)C)c1. The number of phenols is 1. The minimum atomic E-state index is -0.193. The highest BCUT2D eigenvalue weighted by Gasteiger charge is 2.27. The summed E-state index contributed by atoms with van der Waals surface area (Å²) in [5.74, 6) is 0.164. The first-order chi connectivity index (χ1) is 13.0. The molecule has 28 heavy (non-hydrogen) atoms. The molecule has 0 aliphatic rings. The molecule has 3 nitrogen and oxygen atoms in total. The van der Waals surface area contributed by atoms with Gasteiger partial charge in [-0.2, -0.15) is 0 Å². The average Bonchev–Trinajstić information content (AvgIpc) is 2.56. The number of carbonyl (C=O) groups excluding carboxylic acids is 1. The fourth-order valence-corrected chi connectivity index (χ4v) is 3.40. The lowest BCUT2D eigenvalue weighted by Gasteiger charge is -2.28. The van der Waals surface area contributed by atoms with Crippen molar-refractivity contribution in [2.24, 2.45) is 0 Å². The molecule has 1 aromatic rings. The van der Waals surface area contributed by atoms with Crippen molar-refractivity contribution >= 4 is 5.97 Å². The summed E-state index contributed by atoms with van der Waals surface area (Å²) in [4.78, 5) is 12.3. The van der Waals surface area contributed by atoms with E-state index in [0.29, 0.717) is 12.4 Å². The van der Waals surface area contributed by atoms with Gasteiger partial charge < -0.3 is 9.84 Å². The van der Waals surface area contributed by atoms with Crippen LogP contribution in [0.3, 0.4) is 0 Å². The number of carbonyl (C=O) groups is 1. The van der Waals surface area contributed by atoms with Crippen molar-refractivity contribution < 1.29 is 14.6 Å². The lowest BCUT2D eigenvalue weighted by Crippen LogP contribution is -2.19. The Morgan fingerprint density at radius 3 is 1.79 bits per heavy atom. The third kappa shape index (κ3) is 8.24. The van der Waals surface area contributed by atoms with Crippen molar-refractivity contribution in [1.29, 1.82) is 0 Å². The van der Waals surface area contributed by atoms with Gasteiger partial charge in [-0.15, -0.1) is 0 Å². The summed E-state index contributed by atoms with van der Waals surface area (Å²) in [7, 11) is 0. The zero-order valence-corrected chi connectivity index (χ0v) is 19.3. The molecule has 0 aliphatic heterocycles. The van der Waals surface area contributed by atoms with Gasteiger partial charge in [0.25, 0.3) is 0 Å². The molecule has 1 N–H and O–H groups in total. The van der Waals surface area contributed by atoms with E-state index in [0.717, 1.165) is 29.5 Å². The van der Waals surface area contributed by atoms with E-state index >= 15 is 0 Å². The molecule has 1 aromatic carbocycles. The van der Waals surface area contributed by atoms with Crippen LogP contribution in [0.25, 0.3) is 0 Å². The molecule has 0 bridgehead atoms. The lowest BCUT2D eigenvalue weighted by molar-refractivity contribution is -0.142. The Bertz CT molecular complexity index is 583. The fraction of sp³-hybridized carbons (Fsp3) is 0.720. The van der Waals surface area contributed by atoms with Crippen LogP contribution in [0, 0.1) is 0 Å². The zero-order valence-electron chi connectivity index (χ0n) is 19.3. The summed E-state index contributed by atoms with van der Waals surface area (Å²) in [6, 6.07) is 3.92. The normalized spacial score (nSPS) is 12.2. The quantitative estimate of drug-likeness (QED) is 0.352. The Hall–Kier alpha value is -1.51. The zero-order chi connectivity index (χ0) is 21.4. The van der Waals surface area contributed by atoms with E-state index in [1.165, 1.54) is 32.1 Å². The van der Waals surface area contributed by atoms with Gasteiger partial charge in [-0.3, -0.25) is 4.79 Å². The van der Waals surface area contributed by atoms with E-state index in [1.54, 1.807) is 0 Å². The third-order valence-corrected chi connectivity index (χ3v) is 5.15. The summed E-state index contributed by atoms with van der Waals surface area (Å²) >= 11 is 0. The van der Waals surface area contributed by atoms with E-state index in [1.807, 2.05) is 12.1 Å². The van der Waals surface area contributed by atoms with Crippen molar-refractivity contribution in [2.75, 3.05) is 6.61 Å². The number of phenolic OH excluding ortho intramolecular Hbond substituents is 1. The Morgan fingerprint density at radius 1 is 0.857 bits per heavy atom. The van der Waals surface area contributed by atoms with Gasteiger partial charge in [0.1, 0.15) is 5.75 Å². The molecule has 0 radical (unpaired) electrons. The van der Waals surface area contributed by atoms with Crippen molar-refractivity contribution in [2.45, 2.75) is 111 Å². The topological polar surface area (TPSA) is 46.5 Å². The largest absolute Gasteiger partial charge is 0.507 e. The average molecular weight is 391 g/mol. The monoisotopic (exact) mass is 390 g/mol. The standard InChI is InChI=1S/C25H42O3/c1-8-9-10-11-12-13-14-15-28-22(26)18-19-16-20(24(2,3)4)23(27)21(17-19)25(5,6)7/h16-17,27H,8-15,18H2,1-7H3. The van der Waals surface area contributed by atoms with Crippen LogP contribution in [0.5, 0.6) is 5.75 Å². The molecule has 160 valence electrons. The molecule has 0 atom stereocenters. The van der Waals surface area contributed by atoms with Crippen molar-refractivity contribution in [3.05, 3.63) is 28.8 Å². The van der Waals surface area contributed by atoms with E-state index < -0.39 is 0 Å². The molecule has 0 heterocycles. The highest BCUT2D eigenvalue weighted by Crippen LogP contribution is 2.39. The predicted molar refractivity (Wildman–Crippen MR) is 118 cm³/mol. The van der Waals surface area contributed by atoms with Crippen LogP contribution in [-0.4, -0.2) is 17.7 Å². The van der Waals surface area contributed by atoms with Gasteiger partial charge in [-0.05, 0) is 33.9 Å². The maximum absolute atomic E-state index is 12.3. The maximum Gasteiger partial charge on any atom is 0.310 e. The second kappa shape index (κ2) is 10.9. The molecule has 0 amide bonds. The van der Waals surface area contributed by atoms with Crippen molar-refractivity contribution in [1.82, 2.24) is 0 Å². The van der Waals surface area contributed by atoms with Gasteiger partial charge in [0, 0.05) is 0 Å². The highest BCUT2D eigenvalue weighted by atomic mass is 16.5. The summed E-state index contributed by atoms with van der Waals surface area (Å²) in [5, 5.41) is 10.8. The van der Waals surface area contributed by atoms with Crippen molar-refractivity contribution in [3.8, 4) is 5.75 Å². The number of unbranched alkanes of at least 4 members (excludes halogenated alkanes) is 6. The second-order valence-corrected chi connectivity index (χ2v) is 10.1. The number of hydrogen-bond acceptors (Lipinski definition) is 3. The van der Waals surface area contributed by atoms with Crippen LogP contribution in [0.4, 0.5) is 0 Å². The van der Waals surface area contributed by atoms with Gasteiger partial charge in [0.15, 0.2) is 0 Å². The van der Waals surface area contributed by atoms with E-state index in [9.17, 15) is 9.90 Å². The highest BCUT2D eigenvalue weighted by molar-refractivity contribution is 5.73. The summed E-state index contributed by atoms with van der Waals surface area (Å²) in [6.07, 6.45) is 8.70. The number of aromatic hydroxyl groups is 1. The molecule has 0 saturated heterocycles. The van der Waals surface area contributed by atoms with Crippen LogP contribution in [-0.2, 0) is 26.8 Å². The second-order valence-electron chi connectivity index (χ2n) is 10.1. The number of benzene rings is 1. The van der Waals surface area contributed by atoms with Crippen LogP contribution < -0.4 is 0 Å². The molecular formula is C25H42O3. The Kier molecular flexibility index (Phi) is 9.53. The lowest BCUT2D eigenvalue weighted by atomic mass is 9.78. The molecule has 0 saturated carbocycles. The van der Waals surface area contributed by atoms with Crippen LogP contribution >= 0.6 is 0 Å². The molecule has 0 spiro atoms. The van der Waals surface area contributed by atoms with Crippen molar-refractivity contribution in [3.63, 3.8) is 0 Å². The first-order valence-electron chi connectivity index (χ1n) is 11.0. The Morgan fingerprint density at radius 2 is 1.32 bits per heavy atom. The minimum absolute atomic E-state index is 0.184. The summed E-state index contributed by atoms with van der Waals surface area (Å²) in [5.41, 5.74) is 2.30. The molecular weight excluding hydrogens is 348 g/mol. The Labute approximate surface area is 172 Å². The molecule has 0 unspecified atom stereocenters. The van der Waals surface area contributed by atoms with Gasteiger partial charge in [-0.1, -0.05) is 99.1 Å². The molecule has 0 aliphatic carbocycles. The van der Waals surface area contributed by atoms with Crippen LogP contribution in [0.15, 0.2) is 12.1 Å². The van der Waals surface area contributed by atoms with Gasteiger partial charge in [0.2, 0.25) is 0 Å². The summed E-state index contributed by atoms with van der Waals surface area (Å²) in [6.45, 7) is 15.2. The summed E-state index contributed by atoms with van der Waals surface area (Å²) < 4.78 is 5.45.